The van der Waals surface area contributed by atoms with Gasteiger partial charge in [-0.15, -0.1) is 0 Å². The lowest BCUT2D eigenvalue weighted by Crippen LogP contribution is -1.91. The number of nitrogens with two attached hydrogens (primary N) is 1. The van der Waals surface area contributed by atoms with E-state index in [-0.39, 0.29) is 5.82 Å². The molecule has 3 nitrogen and oxygen atoms in total. The molecular formula is C16H12FN3. The molecule has 0 atom stereocenters. The first-order chi connectivity index (χ1) is 9.72. The Morgan fingerprint density at radius 1 is 0.700 bits per heavy atom. The van der Waals surface area contributed by atoms with E-state index >= 15 is 0 Å². The minimum atomic E-state index is -0.256. The van der Waals surface area contributed by atoms with Crippen LogP contribution in [-0.4, -0.2) is 9.97 Å². The number of hydrogen-bond donors (Lipinski definition) is 1. The van der Waals surface area contributed by atoms with Crippen molar-refractivity contribution in [1.82, 2.24) is 9.97 Å². The van der Waals surface area contributed by atoms with E-state index in [1.54, 1.807) is 24.5 Å². The molecule has 0 aliphatic rings. The van der Waals surface area contributed by atoms with Crippen LogP contribution in [0.2, 0.25) is 0 Å². The van der Waals surface area contributed by atoms with E-state index in [4.69, 9.17) is 5.73 Å². The number of aromatic nitrogens is 2. The molecule has 0 saturated carbocycles. The van der Waals surface area contributed by atoms with Gasteiger partial charge in [0.15, 0.2) is 5.82 Å². The molecule has 3 aromatic rings. The first-order valence-corrected chi connectivity index (χ1v) is 6.16. The van der Waals surface area contributed by atoms with Gasteiger partial charge in [0.2, 0.25) is 0 Å². The van der Waals surface area contributed by atoms with Crippen LogP contribution in [0.3, 0.4) is 0 Å². The lowest BCUT2D eigenvalue weighted by Gasteiger charge is -2.03. The fraction of sp³-hybridized carbons (Fsp3) is 0. The van der Waals surface area contributed by atoms with Crippen LogP contribution in [0, 0.1) is 5.82 Å². The molecule has 2 N–H and O–H groups in total. The van der Waals surface area contributed by atoms with Gasteiger partial charge in [-0.05, 0) is 42.0 Å². The molecule has 0 bridgehead atoms. The number of halogens is 1. The second-order valence-electron chi connectivity index (χ2n) is 4.42. The molecule has 20 heavy (non-hydrogen) atoms. The summed E-state index contributed by atoms with van der Waals surface area (Å²) in [5.41, 5.74) is 8.99. The Kier molecular flexibility index (Phi) is 3.13. The molecule has 0 aliphatic carbocycles. The Bertz CT molecular complexity index is 640. The van der Waals surface area contributed by atoms with Crippen molar-refractivity contribution in [2.45, 2.75) is 0 Å². The van der Waals surface area contributed by atoms with E-state index in [9.17, 15) is 4.39 Å². The van der Waals surface area contributed by atoms with E-state index in [0.29, 0.717) is 11.5 Å². The molecule has 4 heteroatoms. The minimum Gasteiger partial charge on any atom is -0.399 e. The smallest absolute Gasteiger partial charge is 0.159 e. The molecule has 0 unspecified atom stereocenters. The first kappa shape index (κ1) is 12.3. The zero-order chi connectivity index (χ0) is 13.9. The standard InChI is InChI=1S/C16H12FN3/c17-14-5-1-11(2-6-14)13-9-19-16(20-10-13)12-3-7-15(18)8-4-12/h1-10H,18H2. The highest BCUT2D eigenvalue weighted by atomic mass is 19.1. The summed E-state index contributed by atoms with van der Waals surface area (Å²) in [4.78, 5) is 8.66. The van der Waals surface area contributed by atoms with Crippen molar-refractivity contribution in [3.63, 3.8) is 0 Å². The second kappa shape index (κ2) is 5.09. The monoisotopic (exact) mass is 265 g/mol. The number of rotatable bonds is 2. The number of nitrogen functional groups attached to an aromatic ring is 1. The number of benzene rings is 2. The van der Waals surface area contributed by atoms with Gasteiger partial charge in [-0.1, -0.05) is 12.1 Å². The van der Waals surface area contributed by atoms with Gasteiger partial charge in [0.1, 0.15) is 5.82 Å². The summed E-state index contributed by atoms with van der Waals surface area (Å²) in [7, 11) is 0. The van der Waals surface area contributed by atoms with Crippen LogP contribution in [0.25, 0.3) is 22.5 Å². The number of hydrogen-bond acceptors (Lipinski definition) is 3. The van der Waals surface area contributed by atoms with Gasteiger partial charge in [-0.3, -0.25) is 0 Å². The van der Waals surface area contributed by atoms with Crippen LogP contribution in [0.4, 0.5) is 10.1 Å². The SMILES string of the molecule is Nc1ccc(-c2ncc(-c3ccc(F)cc3)cn2)cc1. The normalized spacial score (nSPS) is 10.4. The zero-order valence-corrected chi connectivity index (χ0v) is 10.6. The first-order valence-electron chi connectivity index (χ1n) is 6.16. The summed E-state index contributed by atoms with van der Waals surface area (Å²) in [6.07, 6.45) is 3.46. The minimum absolute atomic E-state index is 0.256. The largest absolute Gasteiger partial charge is 0.399 e. The Morgan fingerprint density at radius 3 is 1.85 bits per heavy atom. The highest BCUT2D eigenvalue weighted by molar-refractivity contribution is 5.64. The van der Waals surface area contributed by atoms with Crippen LogP contribution in [0.1, 0.15) is 0 Å². The molecule has 0 saturated heterocycles. The van der Waals surface area contributed by atoms with Gasteiger partial charge >= 0.3 is 0 Å². The summed E-state index contributed by atoms with van der Waals surface area (Å²) in [6.45, 7) is 0. The van der Waals surface area contributed by atoms with E-state index in [0.717, 1.165) is 16.7 Å². The average Bonchev–Trinajstić information content (AvgIpc) is 2.49. The van der Waals surface area contributed by atoms with Gasteiger partial charge in [0.25, 0.3) is 0 Å². The second-order valence-corrected chi connectivity index (χ2v) is 4.42. The predicted molar refractivity (Wildman–Crippen MR) is 77.3 cm³/mol. The summed E-state index contributed by atoms with van der Waals surface area (Å²) < 4.78 is 12.9. The Labute approximate surface area is 115 Å². The van der Waals surface area contributed by atoms with Crippen LogP contribution < -0.4 is 5.73 Å². The molecule has 0 fully saturated rings. The zero-order valence-electron chi connectivity index (χ0n) is 10.6. The fourth-order valence-corrected chi connectivity index (χ4v) is 1.90. The summed E-state index contributed by atoms with van der Waals surface area (Å²) >= 11 is 0. The van der Waals surface area contributed by atoms with Crippen molar-refractivity contribution in [2.75, 3.05) is 5.73 Å². The molecular weight excluding hydrogens is 253 g/mol. The van der Waals surface area contributed by atoms with Crippen molar-refractivity contribution in [1.29, 1.82) is 0 Å². The predicted octanol–water partition coefficient (Wildman–Crippen LogP) is 3.53. The maximum Gasteiger partial charge on any atom is 0.159 e. The van der Waals surface area contributed by atoms with Crippen molar-refractivity contribution in [3.05, 3.63) is 66.7 Å². The summed E-state index contributed by atoms with van der Waals surface area (Å²) in [5, 5.41) is 0. The maximum atomic E-state index is 12.9. The van der Waals surface area contributed by atoms with E-state index in [1.165, 1.54) is 12.1 Å². The lowest BCUT2D eigenvalue weighted by molar-refractivity contribution is 0.628. The average molecular weight is 265 g/mol. The Balaban J connectivity index is 1.91. The van der Waals surface area contributed by atoms with Gasteiger partial charge in [-0.25, -0.2) is 14.4 Å². The van der Waals surface area contributed by atoms with E-state index < -0.39 is 0 Å². The highest BCUT2D eigenvalue weighted by Crippen LogP contribution is 2.21. The fourth-order valence-electron chi connectivity index (χ4n) is 1.90. The van der Waals surface area contributed by atoms with Crippen LogP contribution >= 0.6 is 0 Å². The molecule has 0 radical (unpaired) electrons. The quantitative estimate of drug-likeness (QED) is 0.721. The number of nitrogens with zero attached hydrogens (tertiary/aromatic N) is 2. The number of anilines is 1. The molecule has 2 aromatic carbocycles. The molecule has 1 aromatic heterocycles. The van der Waals surface area contributed by atoms with E-state index in [2.05, 4.69) is 9.97 Å². The van der Waals surface area contributed by atoms with Crippen LogP contribution in [0.5, 0.6) is 0 Å². The third-order valence-electron chi connectivity index (χ3n) is 3.00. The van der Waals surface area contributed by atoms with Crippen molar-refractivity contribution in [3.8, 4) is 22.5 Å². The maximum absolute atomic E-state index is 12.9. The molecule has 98 valence electrons. The Morgan fingerprint density at radius 2 is 1.25 bits per heavy atom. The van der Waals surface area contributed by atoms with Crippen LogP contribution in [0.15, 0.2) is 60.9 Å². The van der Waals surface area contributed by atoms with Gasteiger partial charge in [0, 0.05) is 29.2 Å². The van der Waals surface area contributed by atoms with E-state index in [1.807, 2.05) is 24.3 Å². The summed E-state index contributed by atoms with van der Waals surface area (Å²) in [6, 6.07) is 13.6. The van der Waals surface area contributed by atoms with Gasteiger partial charge in [0.05, 0.1) is 0 Å². The highest BCUT2D eigenvalue weighted by Gasteiger charge is 2.03. The van der Waals surface area contributed by atoms with Gasteiger partial charge < -0.3 is 5.73 Å². The third kappa shape index (κ3) is 2.49. The molecule has 0 amide bonds. The van der Waals surface area contributed by atoms with Gasteiger partial charge in [-0.2, -0.15) is 0 Å². The van der Waals surface area contributed by atoms with Crippen LogP contribution in [-0.2, 0) is 0 Å². The Hall–Kier alpha value is -2.75. The third-order valence-corrected chi connectivity index (χ3v) is 3.00. The molecule has 3 rings (SSSR count). The molecule has 0 spiro atoms. The summed E-state index contributed by atoms with van der Waals surface area (Å²) in [5.74, 6) is 0.379. The topological polar surface area (TPSA) is 51.8 Å². The molecule has 1 heterocycles. The molecule has 0 aliphatic heterocycles. The van der Waals surface area contributed by atoms with Crippen molar-refractivity contribution < 1.29 is 4.39 Å². The van der Waals surface area contributed by atoms with Crippen molar-refractivity contribution >= 4 is 5.69 Å². The van der Waals surface area contributed by atoms with Crippen molar-refractivity contribution in [2.24, 2.45) is 0 Å². The lowest BCUT2D eigenvalue weighted by atomic mass is 10.1.